The summed E-state index contributed by atoms with van der Waals surface area (Å²) in [5.41, 5.74) is 16.2. The van der Waals surface area contributed by atoms with Gasteiger partial charge in [0.2, 0.25) is 0 Å². The number of hydrogen-bond donors (Lipinski definition) is 1. The standard InChI is InChI=1S/C56H49N3O/c1-56(2)47-24-11-10-21-44(47)45-23-13-22-43(54(45)56)36-27-30-42(31-28-36)59-50-32-29-40(34-46(50)53-51(59)25-14-26-52(53)60-3)39-19-12-20-41(33-39)55-57-48(37-15-6-4-7-16-37)35-49(58-55)38-17-8-5-9-18-38/h4-17,19-25,27-35,38,43,48,52,54H,18,26H2,1-3H3,(H,57,58). The number of benzene rings is 5. The molecular formula is C56H49N3O. The largest absolute Gasteiger partial charge is 0.376 e. The van der Waals surface area contributed by atoms with Crippen LogP contribution in [-0.4, -0.2) is 17.5 Å². The highest BCUT2D eigenvalue weighted by Gasteiger charge is 2.47. The molecule has 1 aliphatic heterocycles. The Morgan fingerprint density at radius 1 is 0.733 bits per heavy atom. The monoisotopic (exact) mass is 779 g/mol. The minimum atomic E-state index is -0.0250. The molecule has 2 heterocycles. The molecule has 11 rings (SSSR count). The van der Waals surface area contributed by atoms with Crippen LogP contribution in [0.2, 0.25) is 0 Å². The van der Waals surface area contributed by atoms with Gasteiger partial charge < -0.3 is 14.6 Å². The number of fused-ring (bicyclic) bond motifs is 6. The molecule has 4 heteroatoms. The van der Waals surface area contributed by atoms with E-state index in [0.29, 0.717) is 11.8 Å². The van der Waals surface area contributed by atoms with E-state index in [0.717, 1.165) is 41.2 Å². The summed E-state index contributed by atoms with van der Waals surface area (Å²) in [6.45, 7) is 4.84. The lowest BCUT2D eigenvalue weighted by Crippen LogP contribution is -2.32. The van der Waals surface area contributed by atoms with E-state index in [2.05, 4.69) is 206 Å². The van der Waals surface area contributed by atoms with Gasteiger partial charge in [-0.05, 0) is 99.7 Å². The van der Waals surface area contributed by atoms with Crippen molar-refractivity contribution in [2.75, 3.05) is 7.11 Å². The highest BCUT2D eigenvalue weighted by Crippen LogP contribution is 2.57. The van der Waals surface area contributed by atoms with Crippen molar-refractivity contribution in [1.29, 1.82) is 0 Å². The van der Waals surface area contributed by atoms with Crippen LogP contribution in [0.25, 0.3) is 39.4 Å². The molecule has 5 aliphatic rings. The highest BCUT2D eigenvalue weighted by molar-refractivity contribution is 6.02. The molecule has 5 atom stereocenters. The van der Waals surface area contributed by atoms with Crippen molar-refractivity contribution < 1.29 is 4.74 Å². The molecule has 0 fully saturated rings. The molecule has 0 amide bonds. The number of methoxy groups -OCH3 is 1. The Kier molecular flexibility index (Phi) is 8.93. The van der Waals surface area contributed by atoms with Crippen LogP contribution >= 0.6 is 0 Å². The molecular weight excluding hydrogens is 731 g/mol. The number of aliphatic imine (C=N–C) groups is 1. The number of nitrogens with zero attached hydrogens (tertiary/aromatic N) is 2. The fourth-order valence-corrected chi connectivity index (χ4v) is 10.7. The number of aromatic nitrogens is 1. The van der Waals surface area contributed by atoms with Crippen LogP contribution in [0.15, 0.2) is 187 Å². The van der Waals surface area contributed by atoms with Crippen LogP contribution in [0.5, 0.6) is 0 Å². The molecule has 1 N–H and O–H groups in total. The molecule has 0 saturated carbocycles. The van der Waals surface area contributed by atoms with E-state index < -0.39 is 0 Å². The van der Waals surface area contributed by atoms with Crippen LogP contribution in [-0.2, 0) is 10.2 Å². The topological polar surface area (TPSA) is 38.5 Å². The van der Waals surface area contributed by atoms with Gasteiger partial charge in [0.25, 0.3) is 0 Å². The second-order valence-corrected chi connectivity index (χ2v) is 17.4. The predicted octanol–water partition coefficient (Wildman–Crippen LogP) is 13.2. The van der Waals surface area contributed by atoms with Crippen molar-refractivity contribution in [3.05, 3.63) is 221 Å². The third-order valence-electron chi connectivity index (χ3n) is 13.7. The smallest absolute Gasteiger partial charge is 0.134 e. The third-order valence-corrected chi connectivity index (χ3v) is 13.7. The molecule has 6 aromatic rings. The van der Waals surface area contributed by atoms with Gasteiger partial charge in [-0.25, -0.2) is 4.99 Å². The van der Waals surface area contributed by atoms with Crippen molar-refractivity contribution in [1.82, 2.24) is 9.88 Å². The zero-order chi connectivity index (χ0) is 40.4. The maximum Gasteiger partial charge on any atom is 0.134 e. The Morgan fingerprint density at radius 3 is 2.38 bits per heavy atom. The van der Waals surface area contributed by atoms with Crippen molar-refractivity contribution in [2.45, 2.75) is 50.2 Å². The van der Waals surface area contributed by atoms with Gasteiger partial charge in [0, 0.05) is 52.8 Å². The van der Waals surface area contributed by atoms with E-state index in [-0.39, 0.29) is 23.5 Å². The summed E-state index contributed by atoms with van der Waals surface area (Å²) >= 11 is 0. The Labute approximate surface area is 353 Å². The number of rotatable bonds is 7. The van der Waals surface area contributed by atoms with Crippen LogP contribution < -0.4 is 5.32 Å². The van der Waals surface area contributed by atoms with Gasteiger partial charge in [0.15, 0.2) is 0 Å². The third kappa shape index (κ3) is 6.04. The molecule has 5 unspecified atom stereocenters. The van der Waals surface area contributed by atoms with Crippen molar-refractivity contribution in [3.8, 4) is 16.8 Å². The number of hydrogen-bond acceptors (Lipinski definition) is 3. The highest BCUT2D eigenvalue weighted by atomic mass is 16.5. The summed E-state index contributed by atoms with van der Waals surface area (Å²) in [5, 5.41) is 5.01. The van der Waals surface area contributed by atoms with Gasteiger partial charge in [-0.15, -0.1) is 0 Å². The van der Waals surface area contributed by atoms with E-state index in [4.69, 9.17) is 9.73 Å². The maximum atomic E-state index is 6.19. The summed E-state index contributed by atoms with van der Waals surface area (Å²) in [5.74, 6) is 1.85. The molecule has 1 aromatic heterocycles. The molecule has 0 bridgehead atoms. The Hall–Kier alpha value is -6.49. The minimum absolute atomic E-state index is 0.0250. The van der Waals surface area contributed by atoms with Crippen molar-refractivity contribution in [3.63, 3.8) is 0 Å². The molecule has 0 saturated heterocycles. The first-order chi connectivity index (χ1) is 29.5. The van der Waals surface area contributed by atoms with E-state index in [1.54, 1.807) is 0 Å². The van der Waals surface area contributed by atoms with E-state index >= 15 is 0 Å². The lowest BCUT2D eigenvalue weighted by atomic mass is 9.67. The first-order valence-electron chi connectivity index (χ1n) is 21.5. The van der Waals surface area contributed by atoms with Crippen LogP contribution in [0, 0.1) is 11.8 Å². The first-order valence-corrected chi connectivity index (χ1v) is 21.5. The van der Waals surface area contributed by atoms with Gasteiger partial charge in [-0.3, -0.25) is 0 Å². The SMILES string of the molecule is COC1CC=Cc2c1c1cc(-c3cccc(C4=NC(C5C=CC=CC5)=CC(c5ccccc5)N4)c3)ccc1n2-c1ccc(C2C=CC=C3c4ccccc4C(C)(C)C32)cc1. The van der Waals surface area contributed by atoms with E-state index in [1.165, 1.54) is 55.6 Å². The van der Waals surface area contributed by atoms with Gasteiger partial charge in [0.1, 0.15) is 5.84 Å². The summed E-state index contributed by atoms with van der Waals surface area (Å²) in [4.78, 5) is 5.27. The summed E-state index contributed by atoms with van der Waals surface area (Å²) in [7, 11) is 1.84. The average Bonchev–Trinajstić information content (AvgIpc) is 3.77. The molecule has 0 spiro atoms. The van der Waals surface area contributed by atoms with Gasteiger partial charge in [-0.2, -0.15) is 0 Å². The molecule has 4 nitrogen and oxygen atoms in total. The number of nitrogens with one attached hydrogen (secondary N) is 1. The first kappa shape index (κ1) is 36.6. The lowest BCUT2D eigenvalue weighted by Gasteiger charge is -2.36. The van der Waals surface area contributed by atoms with Crippen LogP contribution in [0.3, 0.4) is 0 Å². The fraction of sp³-hybridized carbons (Fsp3) is 0.196. The van der Waals surface area contributed by atoms with E-state index in [9.17, 15) is 0 Å². The average molecular weight is 780 g/mol. The molecule has 4 aliphatic carbocycles. The van der Waals surface area contributed by atoms with E-state index in [1.807, 2.05) is 7.11 Å². The Balaban J connectivity index is 0.951. The van der Waals surface area contributed by atoms with Crippen molar-refractivity contribution >= 4 is 28.4 Å². The number of ether oxygens (including phenoxy) is 1. The van der Waals surface area contributed by atoms with Gasteiger partial charge in [0.05, 0.1) is 23.4 Å². The Bertz CT molecular complexity index is 2880. The summed E-state index contributed by atoms with van der Waals surface area (Å²) < 4.78 is 8.63. The summed E-state index contributed by atoms with van der Waals surface area (Å²) in [6.07, 6.45) is 24.4. The second-order valence-electron chi connectivity index (χ2n) is 17.4. The quantitative estimate of drug-likeness (QED) is 0.175. The zero-order valence-corrected chi connectivity index (χ0v) is 34.4. The molecule has 5 aromatic carbocycles. The zero-order valence-electron chi connectivity index (χ0n) is 34.4. The maximum absolute atomic E-state index is 6.19. The molecule has 60 heavy (non-hydrogen) atoms. The van der Waals surface area contributed by atoms with Crippen LogP contribution in [0.1, 0.15) is 83.8 Å². The van der Waals surface area contributed by atoms with Gasteiger partial charge in [-0.1, -0.05) is 153 Å². The summed E-state index contributed by atoms with van der Waals surface area (Å²) in [6, 6.07) is 44.8. The lowest BCUT2D eigenvalue weighted by molar-refractivity contribution is 0.106. The van der Waals surface area contributed by atoms with Gasteiger partial charge >= 0.3 is 0 Å². The van der Waals surface area contributed by atoms with Crippen LogP contribution in [0.4, 0.5) is 0 Å². The number of allylic oxidation sites excluding steroid dienone is 8. The van der Waals surface area contributed by atoms with Crippen molar-refractivity contribution in [2.24, 2.45) is 16.8 Å². The normalized spacial score (nSPS) is 23.3. The minimum Gasteiger partial charge on any atom is -0.376 e. The number of amidine groups is 1. The second kappa shape index (κ2) is 14.7. The molecule has 0 radical (unpaired) electrons. The predicted molar refractivity (Wildman–Crippen MR) is 248 cm³/mol. The molecule has 294 valence electrons. The fourth-order valence-electron chi connectivity index (χ4n) is 10.7. The Morgan fingerprint density at radius 2 is 1.55 bits per heavy atom.